The number of aromatic nitrogens is 7. The summed E-state index contributed by atoms with van der Waals surface area (Å²) in [6, 6.07) is 13.5. The molecule has 2 aromatic carbocycles. The molecule has 0 spiro atoms. The maximum absolute atomic E-state index is 11.6. The highest BCUT2D eigenvalue weighted by Crippen LogP contribution is 2.30. The first-order valence-electron chi connectivity index (χ1n) is 11.1. The lowest BCUT2D eigenvalue weighted by Crippen LogP contribution is -2.06. The first-order chi connectivity index (χ1) is 16.5. The summed E-state index contributed by atoms with van der Waals surface area (Å²) in [6.07, 6.45) is 5.27. The zero-order valence-electron chi connectivity index (χ0n) is 18.9. The van der Waals surface area contributed by atoms with E-state index < -0.39 is 5.97 Å². The molecular formula is C25H23N7O2. The van der Waals surface area contributed by atoms with Crippen LogP contribution in [-0.2, 0) is 13.0 Å². The molecular weight excluding hydrogens is 430 g/mol. The van der Waals surface area contributed by atoms with Crippen LogP contribution in [-0.4, -0.2) is 46.2 Å². The van der Waals surface area contributed by atoms with E-state index >= 15 is 0 Å². The summed E-state index contributed by atoms with van der Waals surface area (Å²) in [4.78, 5) is 20.7. The average Bonchev–Trinajstić information content (AvgIpc) is 3.49. The van der Waals surface area contributed by atoms with E-state index in [1.807, 2.05) is 25.1 Å². The van der Waals surface area contributed by atoms with Crippen LogP contribution in [0.5, 0.6) is 0 Å². The van der Waals surface area contributed by atoms with Gasteiger partial charge in [-0.15, -0.1) is 10.2 Å². The third kappa shape index (κ3) is 3.92. The number of benzene rings is 2. The van der Waals surface area contributed by atoms with Crippen LogP contribution in [0.1, 0.15) is 40.7 Å². The summed E-state index contributed by atoms with van der Waals surface area (Å²) < 4.78 is 2.13. The molecule has 0 aliphatic heterocycles. The van der Waals surface area contributed by atoms with E-state index in [2.05, 4.69) is 49.2 Å². The average molecular weight is 454 g/mol. The number of hydrogen-bond acceptors (Lipinski definition) is 6. The van der Waals surface area contributed by atoms with Crippen LogP contribution in [0.15, 0.2) is 54.9 Å². The Bertz CT molecular complexity index is 1470. The fourth-order valence-corrected chi connectivity index (χ4v) is 4.22. The number of fused-ring (bicyclic) bond motifs is 1. The smallest absolute Gasteiger partial charge is 0.335 e. The number of aryl methyl sites for hydroxylation is 2. The number of tetrazole rings is 1. The quantitative estimate of drug-likeness (QED) is 0.377. The highest BCUT2D eigenvalue weighted by atomic mass is 16.4. The number of rotatable bonds is 7. The molecule has 0 radical (unpaired) electrons. The standard InChI is InChI=1S/C25H23N7O2/c1-3-4-22-27-23-15(2)11-18(25(33)34)12-21(23)32(22)14-16-5-7-17(8-6-16)20-13-26-10-9-19(20)24-28-30-31-29-24/h5-13H,3-4,14H2,1-2H3,(H,33,34)(H,28,29,30,31). The number of nitrogens with one attached hydrogen (secondary N) is 1. The molecule has 0 unspecified atom stereocenters. The monoisotopic (exact) mass is 453 g/mol. The summed E-state index contributed by atoms with van der Waals surface area (Å²) in [7, 11) is 0. The van der Waals surface area contributed by atoms with Crippen molar-refractivity contribution in [2.75, 3.05) is 0 Å². The lowest BCUT2D eigenvalue weighted by atomic mass is 10.0. The number of nitrogens with zero attached hydrogens (tertiary/aromatic N) is 6. The molecule has 0 aliphatic carbocycles. The van der Waals surface area contributed by atoms with Crippen molar-refractivity contribution in [2.45, 2.75) is 33.2 Å². The summed E-state index contributed by atoms with van der Waals surface area (Å²) in [5, 5.41) is 23.9. The van der Waals surface area contributed by atoms with Gasteiger partial charge in [0.2, 0.25) is 5.82 Å². The predicted octanol–water partition coefficient (Wildman–Crippen LogP) is 4.29. The summed E-state index contributed by atoms with van der Waals surface area (Å²) in [5.41, 5.74) is 6.67. The number of carbonyl (C=O) groups is 1. The maximum atomic E-state index is 11.6. The zero-order chi connectivity index (χ0) is 23.7. The van der Waals surface area contributed by atoms with Crippen molar-refractivity contribution in [3.05, 3.63) is 77.4 Å². The van der Waals surface area contributed by atoms with Crippen molar-refractivity contribution in [1.29, 1.82) is 0 Å². The number of pyridine rings is 1. The minimum absolute atomic E-state index is 0.273. The second-order valence-electron chi connectivity index (χ2n) is 8.18. The first kappa shape index (κ1) is 21.4. The van der Waals surface area contributed by atoms with Crippen LogP contribution < -0.4 is 0 Å². The number of aromatic amines is 1. The van der Waals surface area contributed by atoms with Gasteiger partial charge in [0.1, 0.15) is 5.82 Å². The molecule has 170 valence electrons. The van der Waals surface area contributed by atoms with Crippen LogP contribution in [0.3, 0.4) is 0 Å². The van der Waals surface area contributed by atoms with Gasteiger partial charge in [-0.05, 0) is 53.4 Å². The largest absolute Gasteiger partial charge is 0.478 e. The van der Waals surface area contributed by atoms with Crippen molar-refractivity contribution < 1.29 is 9.90 Å². The van der Waals surface area contributed by atoms with E-state index in [0.29, 0.717) is 12.4 Å². The summed E-state index contributed by atoms with van der Waals surface area (Å²) >= 11 is 0. The minimum Gasteiger partial charge on any atom is -0.478 e. The van der Waals surface area contributed by atoms with Gasteiger partial charge in [0.25, 0.3) is 0 Å². The SMILES string of the molecule is CCCc1nc2c(C)cc(C(=O)O)cc2n1Cc1ccc(-c2cnccc2-c2nn[nH]n2)cc1. The maximum Gasteiger partial charge on any atom is 0.335 e. The molecule has 9 nitrogen and oxygen atoms in total. The highest BCUT2D eigenvalue weighted by Gasteiger charge is 2.16. The van der Waals surface area contributed by atoms with Crippen molar-refractivity contribution in [2.24, 2.45) is 0 Å². The topological polar surface area (TPSA) is 122 Å². The van der Waals surface area contributed by atoms with Gasteiger partial charge in [-0.1, -0.05) is 31.2 Å². The predicted molar refractivity (Wildman–Crippen MR) is 127 cm³/mol. The van der Waals surface area contributed by atoms with Gasteiger partial charge in [0, 0.05) is 36.5 Å². The number of imidazole rings is 1. The Morgan fingerprint density at radius 2 is 1.94 bits per heavy atom. The van der Waals surface area contributed by atoms with Gasteiger partial charge in [-0.2, -0.15) is 5.21 Å². The molecule has 0 bridgehead atoms. The number of hydrogen-bond donors (Lipinski definition) is 2. The van der Waals surface area contributed by atoms with Crippen LogP contribution in [0.2, 0.25) is 0 Å². The molecule has 0 saturated carbocycles. The molecule has 3 aromatic heterocycles. The molecule has 2 N–H and O–H groups in total. The van der Waals surface area contributed by atoms with Gasteiger partial charge >= 0.3 is 5.97 Å². The van der Waals surface area contributed by atoms with Crippen LogP contribution in [0.4, 0.5) is 0 Å². The minimum atomic E-state index is -0.937. The van der Waals surface area contributed by atoms with E-state index in [-0.39, 0.29) is 5.56 Å². The number of carboxylic acids is 1. The molecule has 5 rings (SSSR count). The first-order valence-corrected chi connectivity index (χ1v) is 11.1. The highest BCUT2D eigenvalue weighted by molar-refractivity contribution is 5.94. The molecule has 3 heterocycles. The molecule has 34 heavy (non-hydrogen) atoms. The van der Waals surface area contributed by atoms with Gasteiger partial charge < -0.3 is 9.67 Å². The van der Waals surface area contributed by atoms with Crippen LogP contribution in [0.25, 0.3) is 33.5 Å². The van der Waals surface area contributed by atoms with Gasteiger partial charge in [-0.3, -0.25) is 4.98 Å². The van der Waals surface area contributed by atoms with Crippen molar-refractivity contribution in [3.63, 3.8) is 0 Å². The van der Waals surface area contributed by atoms with Crippen LogP contribution >= 0.6 is 0 Å². The Labute approximate surface area is 195 Å². The van der Waals surface area contributed by atoms with Crippen molar-refractivity contribution in [3.8, 4) is 22.5 Å². The zero-order valence-corrected chi connectivity index (χ0v) is 18.9. The molecule has 0 atom stereocenters. The molecule has 5 aromatic rings. The Balaban J connectivity index is 1.52. The second kappa shape index (κ2) is 8.86. The van der Waals surface area contributed by atoms with Crippen LogP contribution in [0, 0.1) is 6.92 Å². The third-order valence-electron chi connectivity index (χ3n) is 5.86. The number of aromatic carboxylic acids is 1. The van der Waals surface area contributed by atoms with Gasteiger partial charge in [-0.25, -0.2) is 9.78 Å². The molecule has 0 aliphatic rings. The van der Waals surface area contributed by atoms with Crippen molar-refractivity contribution >= 4 is 17.0 Å². The van der Waals surface area contributed by atoms with E-state index in [4.69, 9.17) is 4.98 Å². The Morgan fingerprint density at radius 3 is 2.65 bits per heavy atom. The summed E-state index contributed by atoms with van der Waals surface area (Å²) in [6.45, 7) is 4.62. The Morgan fingerprint density at radius 1 is 1.12 bits per heavy atom. The lowest BCUT2D eigenvalue weighted by molar-refractivity contribution is 0.0697. The summed E-state index contributed by atoms with van der Waals surface area (Å²) in [5.74, 6) is 0.534. The fraction of sp³-hybridized carbons (Fsp3) is 0.200. The number of H-pyrrole nitrogens is 1. The van der Waals surface area contributed by atoms with E-state index in [0.717, 1.165) is 57.5 Å². The molecule has 0 amide bonds. The number of carboxylic acid groups (broad SMARTS) is 1. The molecule has 0 fully saturated rings. The van der Waals surface area contributed by atoms with Gasteiger partial charge in [0.05, 0.1) is 16.6 Å². The van der Waals surface area contributed by atoms with E-state index in [9.17, 15) is 9.90 Å². The second-order valence-corrected chi connectivity index (χ2v) is 8.18. The normalized spacial score (nSPS) is 11.2. The van der Waals surface area contributed by atoms with Gasteiger partial charge in [0.15, 0.2) is 0 Å². The van der Waals surface area contributed by atoms with Crippen molar-refractivity contribution in [1.82, 2.24) is 35.2 Å². The fourth-order valence-electron chi connectivity index (χ4n) is 4.22. The molecule has 0 saturated heterocycles. The Hall–Kier alpha value is -4.40. The van der Waals surface area contributed by atoms with E-state index in [1.165, 1.54) is 0 Å². The third-order valence-corrected chi connectivity index (χ3v) is 5.86. The lowest BCUT2D eigenvalue weighted by Gasteiger charge is -2.11. The molecule has 9 heteroatoms. The Kier molecular flexibility index (Phi) is 5.59. The van der Waals surface area contributed by atoms with E-state index in [1.54, 1.807) is 24.5 Å².